The summed E-state index contributed by atoms with van der Waals surface area (Å²) in [5.41, 5.74) is 0. The number of amides is 1. The lowest BCUT2D eigenvalue weighted by Crippen LogP contribution is -2.26. The first-order valence-corrected chi connectivity index (χ1v) is 5.21. The predicted molar refractivity (Wildman–Crippen MR) is 51.6 cm³/mol. The van der Waals surface area contributed by atoms with Gasteiger partial charge in [0.1, 0.15) is 6.10 Å². The quantitative estimate of drug-likeness (QED) is 0.660. The van der Waals surface area contributed by atoms with Crippen LogP contribution in [0.25, 0.3) is 0 Å². The highest BCUT2D eigenvalue weighted by atomic mass is 16.6. The standard InChI is InChI=1S/C8H13NO2.C2H6/c1-6-4-9(8(10)11-6)5-7-2-3-7;1-2/h6-7H,2-5H2,1H3;1-2H3. The Hall–Kier alpha value is -0.730. The molecule has 1 amide bonds. The Morgan fingerprint density at radius 3 is 2.46 bits per heavy atom. The van der Waals surface area contributed by atoms with Crippen LogP contribution < -0.4 is 0 Å². The minimum Gasteiger partial charge on any atom is -0.445 e. The zero-order valence-corrected chi connectivity index (χ0v) is 8.75. The number of cyclic esters (lactones) is 1. The normalized spacial score (nSPS) is 26.5. The van der Waals surface area contributed by atoms with Crippen molar-refractivity contribution in [3.05, 3.63) is 0 Å². The number of carbonyl (C=O) groups is 1. The van der Waals surface area contributed by atoms with E-state index < -0.39 is 0 Å². The van der Waals surface area contributed by atoms with Gasteiger partial charge < -0.3 is 9.64 Å². The molecule has 1 aliphatic heterocycles. The molecule has 3 heteroatoms. The number of rotatable bonds is 2. The van der Waals surface area contributed by atoms with Gasteiger partial charge in [-0.3, -0.25) is 0 Å². The molecule has 2 aliphatic rings. The van der Waals surface area contributed by atoms with E-state index >= 15 is 0 Å². The molecule has 0 radical (unpaired) electrons. The van der Waals surface area contributed by atoms with Gasteiger partial charge in [0, 0.05) is 6.54 Å². The van der Waals surface area contributed by atoms with Crippen molar-refractivity contribution in [3.63, 3.8) is 0 Å². The molecule has 0 N–H and O–H groups in total. The Labute approximate surface area is 80.1 Å². The van der Waals surface area contributed by atoms with Crippen LogP contribution in [0.5, 0.6) is 0 Å². The molecule has 1 heterocycles. The molecular formula is C10H19NO2. The first-order chi connectivity index (χ1) is 6.25. The van der Waals surface area contributed by atoms with E-state index in [0.717, 1.165) is 19.0 Å². The molecule has 0 aromatic heterocycles. The number of nitrogens with zero attached hydrogens (tertiary/aromatic N) is 1. The molecule has 1 saturated heterocycles. The largest absolute Gasteiger partial charge is 0.445 e. The summed E-state index contributed by atoms with van der Waals surface area (Å²) in [5.74, 6) is 0.771. The highest BCUT2D eigenvalue weighted by molar-refractivity contribution is 5.69. The molecule has 2 rings (SSSR count). The van der Waals surface area contributed by atoms with Gasteiger partial charge in [0.25, 0.3) is 0 Å². The van der Waals surface area contributed by atoms with E-state index in [1.54, 1.807) is 0 Å². The average Bonchev–Trinajstić information content (AvgIpc) is 2.85. The van der Waals surface area contributed by atoms with Crippen LogP contribution in [0.2, 0.25) is 0 Å². The zero-order chi connectivity index (χ0) is 9.84. The topological polar surface area (TPSA) is 29.5 Å². The number of ether oxygens (including phenoxy) is 1. The maximum absolute atomic E-state index is 11.1. The van der Waals surface area contributed by atoms with Gasteiger partial charge in [-0.05, 0) is 25.7 Å². The third-order valence-corrected chi connectivity index (χ3v) is 2.21. The average molecular weight is 185 g/mol. The van der Waals surface area contributed by atoms with Crippen LogP contribution in [0.3, 0.4) is 0 Å². The fourth-order valence-corrected chi connectivity index (χ4v) is 1.43. The summed E-state index contributed by atoms with van der Waals surface area (Å²) in [6.07, 6.45) is 2.56. The van der Waals surface area contributed by atoms with Crippen LogP contribution in [0.1, 0.15) is 33.6 Å². The van der Waals surface area contributed by atoms with Crippen molar-refractivity contribution in [2.45, 2.75) is 39.7 Å². The highest BCUT2D eigenvalue weighted by Gasteiger charge is 2.33. The number of hydrogen-bond acceptors (Lipinski definition) is 2. The Morgan fingerprint density at radius 2 is 2.08 bits per heavy atom. The van der Waals surface area contributed by atoms with Crippen molar-refractivity contribution in [3.8, 4) is 0 Å². The van der Waals surface area contributed by atoms with Gasteiger partial charge >= 0.3 is 6.09 Å². The van der Waals surface area contributed by atoms with E-state index in [1.807, 2.05) is 25.7 Å². The summed E-state index contributed by atoms with van der Waals surface area (Å²) in [7, 11) is 0. The van der Waals surface area contributed by atoms with E-state index in [4.69, 9.17) is 4.74 Å². The minimum atomic E-state index is -0.121. The Balaban J connectivity index is 0.000000396. The molecule has 3 nitrogen and oxygen atoms in total. The molecule has 76 valence electrons. The fourth-order valence-electron chi connectivity index (χ4n) is 1.43. The first kappa shape index (κ1) is 10.4. The van der Waals surface area contributed by atoms with Crippen molar-refractivity contribution in [1.29, 1.82) is 0 Å². The molecule has 2 fully saturated rings. The van der Waals surface area contributed by atoms with Crippen LogP contribution in [0, 0.1) is 5.92 Å². The maximum atomic E-state index is 11.1. The van der Waals surface area contributed by atoms with E-state index in [2.05, 4.69) is 0 Å². The summed E-state index contributed by atoms with van der Waals surface area (Å²) in [6, 6.07) is 0. The van der Waals surface area contributed by atoms with Crippen molar-refractivity contribution >= 4 is 6.09 Å². The summed E-state index contributed by atoms with van der Waals surface area (Å²) < 4.78 is 4.99. The van der Waals surface area contributed by atoms with Crippen LogP contribution in [0.15, 0.2) is 0 Å². The molecule has 0 aromatic carbocycles. The molecule has 0 aromatic rings. The van der Waals surface area contributed by atoms with Gasteiger partial charge in [0.05, 0.1) is 6.54 Å². The van der Waals surface area contributed by atoms with Crippen LogP contribution >= 0.6 is 0 Å². The molecular weight excluding hydrogens is 166 g/mol. The van der Waals surface area contributed by atoms with Gasteiger partial charge in [0.2, 0.25) is 0 Å². The molecule has 13 heavy (non-hydrogen) atoms. The Morgan fingerprint density at radius 1 is 1.46 bits per heavy atom. The molecule has 1 aliphatic carbocycles. The maximum Gasteiger partial charge on any atom is 0.410 e. The lowest BCUT2D eigenvalue weighted by atomic mass is 10.3. The van der Waals surface area contributed by atoms with Crippen LogP contribution in [-0.4, -0.2) is 30.2 Å². The van der Waals surface area contributed by atoms with Gasteiger partial charge in [-0.2, -0.15) is 0 Å². The van der Waals surface area contributed by atoms with Gasteiger partial charge in [-0.25, -0.2) is 4.79 Å². The second-order valence-electron chi connectivity index (χ2n) is 3.54. The molecule has 0 spiro atoms. The third-order valence-electron chi connectivity index (χ3n) is 2.21. The summed E-state index contributed by atoms with van der Waals surface area (Å²) >= 11 is 0. The Kier molecular flexibility index (Phi) is 3.58. The summed E-state index contributed by atoms with van der Waals surface area (Å²) in [5, 5.41) is 0. The molecule has 1 atom stereocenters. The second kappa shape index (κ2) is 4.49. The summed E-state index contributed by atoms with van der Waals surface area (Å²) in [4.78, 5) is 12.9. The van der Waals surface area contributed by atoms with Crippen molar-refractivity contribution in [2.24, 2.45) is 5.92 Å². The zero-order valence-electron chi connectivity index (χ0n) is 8.75. The van der Waals surface area contributed by atoms with Crippen molar-refractivity contribution < 1.29 is 9.53 Å². The SMILES string of the molecule is CC.CC1CN(CC2CC2)C(=O)O1. The van der Waals surface area contributed by atoms with E-state index in [9.17, 15) is 4.79 Å². The van der Waals surface area contributed by atoms with Gasteiger partial charge in [-0.1, -0.05) is 13.8 Å². The number of carbonyl (C=O) groups excluding carboxylic acids is 1. The second-order valence-corrected chi connectivity index (χ2v) is 3.54. The first-order valence-electron chi connectivity index (χ1n) is 5.21. The van der Waals surface area contributed by atoms with Crippen LogP contribution in [-0.2, 0) is 4.74 Å². The monoisotopic (exact) mass is 185 g/mol. The molecule has 1 saturated carbocycles. The fraction of sp³-hybridized carbons (Fsp3) is 0.900. The predicted octanol–water partition coefficient (Wildman–Crippen LogP) is 2.26. The van der Waals surface area contributed by atoms with Crippen molar-refractivity contribution in [1.82, 2.24) is 4.90 Å². The highest BCUT2D eigenvalue weighted by Crippen LogP contribution is 2.30. The van der Waals surface area contributed by atoms with Crippen LogP contribution in [0.4, 0.5) is 4.79 Å². The smallest absolute Gasteiger partial charge is 0.410 e. The lowest BCUT2D eigenvalue weighted by molar-refractivity contribution is 0.138. The van der Waals surface area contributed by atoms with E-state index in [0.29, 0.717) is 0 Å². The van der Waals surface area contributed by atoms with E-state index in [1.165, 1.54) is 12.8 Å². The molecule has 1 unspecified atom stereocenters. The Bertz CT molecular complexity index is 178. The van der Waals surface area contributed by atoms with Crippen molar-refractivity contribution in [2.75, 3.05) is 13.1 Å². The lowest BCUT2D eigenvalue weighted by Gasteiger charge is -2.10. The van der Waals surface area contributed by atoms with E-state index in [-0.39, 0.29) is 12.2 Å². The third kappa shape index (κ3) is 2.90. The molecule has 0 bridgehead atoms. The van der Waals surface area contributed by atoms with Gasteiger partial charge in [0.15, 0.2) is 0 Å². The summed E-state index contributed by atoms with van der Waals surface area (Å²) in [6.45, 7) is 7.64. The minimum absolute atomic E-state index is 0.0984. The van der Waals surface area contributed by atoms with Gasteiger partial charge in [-0.15, -0.1) is 0 Å². The number of hydrogen-bond donors (Lipinski definition) is 0.